The van der Waals surface area contributed by atoms with E-state index in [1.54, 1.807) is 12.1 Å². The van der Waals surface area contributed by atoms with Gasteiger partial charge in [0, 0.05) is 34.2 Å². The minimum absolute atomic E-state index is 0.197. The van der Waals surface area contributed by atoms with Crippen LogP contribution in [0.5, 0.6) is 0 Å². The van der Waals surface area contributed by atoms with Gasteiger partial charge >= 0.3 is 0 Å². The molecule has 0 spiro atoms. The molecule has 5 rings (SSSR count). The highest BCUT2D eigenvalue weighted by Crippen LogP contribution is 2.34. The van der Waals surface area contributed by atoms with Crippen LogP contribution < -0.4 is 0 Å². The molecular weight excluding hydrogens is 387 g/mol. The number of aromatic amines is 2. The molecule has 0 bridgehead atoms. The Morgan fingerprint density at radius 2 is 1.90 bits per heavy atom. The highest BCUT2D eigenvalue weighted by atomic mass is 35.5. The molecule has 1 aliphatic rings. The molecule has 2 aromatic carbocycles. The first-order valence-corrected chi connectivity index (χ1v) is 10.3. The minimum atomic E-state index is -0.197. The largest absolute Gasteiger partial charge is 0.361 e. The van der Waals surface area contributed by atoms with Gasteiger partial charge in [0.15, 0.2) is 0 Å². The van der Waals surface area contributed by atoms with Gasteiger partial charge in [0.2, 0.25) is 0 Å². The third kappa shape index (κ3) is 3.68. The third-order valence-electron chi connectivity index (χ3n) is 5.95. The quantitative estimate of drug-likeness (QED) is 0.453. The van der Waals surface area contributed by atoms with Gasteiger partial charge in [-0.05, 0) is 73.3 Å². The summed E-state index contributed by atoms with van der Waals surface area (Å²) in [7, 11) is 0. The Hall–Kier alpha value is -2.63. The number of hydrogen-bond acceptors (Lipinski definition) is 2. The van der Waals surface area contributed by atoms with Crippen LogP contribution in [-0.4, -0.2) is 33.2 Å². The van der Waals surface area contributed by atoms with Crippen molar-refractivity contribution in [3.63, 3.8) is 0 Å². The summed E-state index contributed by atoms with van der Waals surface area (Å²) in [6.45, 7) is 2.94. The van der Waals surface area contributed by atoms with Crippen molar-refractivity contribution < 1.29 is 4.39 Å². The van der Waals surface area contributed by atoms with Crippen molar-refractivity contribution in [3.8, 4) is 11.3 Å². The van der Waals surface area contributed by atoms with E-state index >= 15 is 0 Å². The summed E-state index contributed by atoms with van der Waals surface area (Å²) in [5.74, 6) is 0.308. The van der Waals surface area contributed by atoms with E-state index < -0.39 is 0 Å². The zero-order valence-corrected chi connectivity index (χ0v) is 16.7. The molecule has 29 heavy (non-hydrogen) atoms. The molecule has 0 saturated carbocycles. The molecule has 6 heteroatoms. The van der Waals surface area contributed by atoms with Gasteiger partial charge in [-0.15, -0.1) is 0 Å². The van der Waals surface area contributed by atoms with Gasteiger partial charge in [0.1, 0.15) is 5.82 Å². The van der Waals surface area contributed by atoms with E-state index in [1.807, 2.05) is 36.5 Å². The molecule has 0 atom stereocenters. The smallest absolute Gasteiger partial charge is 0.125 e. The van der Waals surface area contributed by atoms with Crippen LogP contribution in [0.25, 0.3) is 22.2 Å². The summed E-state index contributed by atoms with van der Waals surface area (Å²) in [4.78, 5) is 5.71. The maximum absolute atomic E-state index is 13.5. The van der Waals surface area contributed by atoms with E-state index in [-0.39, 0.29) is 5.82 Å². The first-order chi connectivity index (χ1) is 14.2. The van der Waals surface area contributed by atoms with Crippen molar-refractivity contribution in [1.29, 1.82) is 0 Å². The lowest BCUT2D eigenvalue weighted by Crippen LogP contribution is -2.32. The molecule has 2 N–H and O–H groups in total. The summed E-state index contributed by atoms with van der Waals surface area (Å²) in [6.07, 6.45) is 6.17. The Morgan fingerprint density at radius 3 is 2.69 bits per heavy atom. The topological polar surface area (TPSA) is 47.7 Å². The summed E-state index contributed by atoms with van der Waals surface area (Å²) in [6, 6.07) is 12.9. The highest BCUT2D eigenvalue weighted by Gasteiger charge is 2.24. The summed E-state index contributed by atoms with van der Waals surface area (Å²) in [5.41, 5.74) is 5.55. The second-order valence-electron chi connectivity index (χ2n) is 7.76. The lowest BCUT2D eigenvalue weighted by molar-refractivity contribution is 0.205. The van der Waals surface area contributed by atoms with Crippen LogP contribution >= 0.6 is 11.6 Å². The maximum Gasteiger partial charge on any atom is 0.125 e. The predicted molar refractivity (Wildman–Crippen MR) is 115 cm³/mol. The van der Waals surface area contributed by atoms with Gasteiger partial charge in [-0.25, -0.2) is 4.39 Å². The van der Waals surface area contributed by atoms with E-state index in [0.29, 0.717) is 5.92 Å². The fourth-order valence-corrected chi connectivity index (χ4v) is 4.53. The number of rotatable bonds is 4. The average molecular weight is 409 g/mol. The van der Waals surface area contributed by atoms with Crippen molar-refractivity contribution in [1.82, 2.24) is 20.1 Å². The fourth-order valence-electron chi connectivity index (χ4n) is 4.40. The Balaban J connectivity index is 1.27. The van der Waals surface area contributed by atoms with E-state index in [2.05, 4.69) is 26.3 Å². The van der Waals surface area contributed by atoms with Gasteiger partial charge in [0.25, 0.3) is 0 Å². The zero-order valence-electron chi connectivity index (χ0n) is 16.0. The number of halogens is 2. The Labute approximate surface area is 173 Å². The molecule has 2 aromatic heterocycles. The van der Waals surface area contributed by atoms with Crippen LogP contribution in [0, 0.1) is 5.82 Å². The van der Waals surface area contributed by atoms with Crippen molar-refractivity contribution in [2.75, 3.05) is 13.1 Å². The van der Waals surface area contributed by atoms with Gasteiger partial charge in [-0.1, -0.05) is 23.7 Å². The first kappa shape index (κ1) is 18.4. The number of nitrogens with one attached hydrogen (secondary N) is 2. The van der Waals surface area contributed by atoms with E-state index in [1.165, 1.54) is 11.1 Å². The van der Waals surface area contributed by atoms with Crippen LogP contribution in [0.15, 0.2) is 54.9 Å². The number of aromatic nitrogens is 3. The molecule has 3 heterocycles. The van der Waals surface area contributed by atoms with E-state index in [4.69, 9.17) is 11.6 Å². The Kier molecular flexibility index (Phi) is 4.86. The Morgan fingerprint density at radius 1 is 1.10 bits per heavy atom. The standard InChI is InChI=1S/C23H22ClFN4/c24-18-3-1-16(2-4-18)23-17(12-27-28-23)14-29-9-7-15(8-10-29)21-13-26-22-11-19(25)5-6-20(21)22/h1-6,11-13,15,26H,7-10,14H2,(H,27,28). The van der Waals surface area contributed by atoms with E-state index in [0.717, 1.165) is 59.7 Å². The van der Waals surface area contributed by atoms with Gasteiger partial charge < -0.3 is 4.98 Å². The number of nitrogens with zero attached hydrogens (tertiary/aromatic N) is 2. The predicted octanol–water partition coefficient (Wildman–Crippen LogP) is 5.73. The van der Waals surface area contributed by atoms with Gasteiger partial charge in [-0.3, -0.25) is 10.00 Å². The lowest BCUT2D eigenvalue weighted by atomic mass is 9.89. The third-order valence-corrected chi connectivity index (χ3v) is 6.20. The first-order valence-electron chi connectivity index (χ1n) is 9.94. The molecule has 4 nitrogen and oxygen atoms in total. The molecule has 1 fully saturated rings. The van der Waals surface area contributed by atoms with Crippen LogP contribution in [0.4, 0.5) is 4.39 Å². The van der Waals surface area contributed by atoms with Crippen molar-refractivity contribution in [3.05, 3.63) is 76.8 Å². The molecule has 1 aliphatic heterocycles. The maximum atomic E-state index is 13.5. The lowest BCUT2D eigenvalue weighted by Gasteiger charge is -2.31. The summed E-state index contributed by atoms with van der Waals surface area (Å²) in [5, 5.41) is 9.27. The number of fused-ring (bicyclic) bond motifs is 1. The zero-order chi connectivity index (χ0) is 19.8. The minimum Gasteiger partial charge on any atom is -0.361 e. The summed E-state index contributed by atoms with van der Waals surface area (Å²) < 4.78 is 13.5. The number of hydrogen-bond donors (Lipinski definition) is 2. The Bertz CT molecular complexity index is 1120. The van der Waals surface area contributed by atoms with Crippen molar-refractivity contribution in [2.24, 2.45) is 0 Å². The van der Waals surface area contributed by atoms with Crippen LogP contribution in [0.1, 0.15) is 29.9 Å². The van der Waals surface area contributed by atoms with Crippen molar-refractivity contribution >= 4 is 22.5 Å². The monoisotopic (exact) mass is 408 g/mol. The van der Waals surface area contributed by atoms with Crippen LogP contribution in [-0.2, 0) is 6.54 Å². The molecule has 0 amide bonds. The van der Waals surface area contributed by atoms with Gasteiger partial charge in [0.05, 0.1) is 11.9 Å². The molecular formula is C23H22ClFN4. The molecule has 0 unspecified atom stereocenters. The van der Waals surface area contributed by atoms with Gasteiger partial charge in [-0.2, -0.15) is 5.10 Å². The number of likely N-dealkylation sites (tertiary alicyclic amines) is 1. The normalized spacial score (nSPS) is 15.9. The molecule has 4 aromatic rings. The van der Waals surface area contributed by atoms with Crippen LogP contribution in [0.2, 0.25) is 5.02 Å². The molecule has 0 radical (unpaired) electrons. The molecule has 1 saturated heterocycles. The van der Waals surface area contributed by atoms with Crippen molar-refractivity contribution in [2.45, 2.75) is 25.3 Å². The molecule has 0 aliphatic carbocycles. The fraction of sp³-hybridized carbons (Fsp3) is 0.261. The SMILES string of the molecule is Fc1ccc2c(C3CCN(Cc4cn[nH]c4-c4ccc(Cl)cc4)CC3)c[nH]c2c1. The van der Waals surface area contributed by atoms with E-state index in [9.17, 15) is 4.39 Å². The number of benzene rings is 2. The van der Waals surface area contributed by atoms with Crippen LogP contribution in [0.3, 0.4) is 0 Å². The number of piperidine rings is 1. The second-order valence-corrected chi connectivity index (χ2v) is 8.20. The number of H-pyrrole nitrogens is 2. The average Bonchev–Trinajstić information content (AvgIpc) is 3.36. The second kappa shape index (κ2) is 7.65. The molecule has 148 valence electrons. The highest BCUT2D eigenvalue weighted by molar-refractivity contribution is 6.30. The summed E-state index contributed by atoms with van der Waals surface area (Å²) >= 11 is 6.01.